The van der Waals surface area contributed by atoms with Gasteiger partial charge in [-0.25, -0.2) is 0 Å². The molecule has 100 valence electrons. The molecule has 1 aromatic heterocycles. The second-order valence-electron chi connectivity index (χ2n) is 4.93. The number of rotatable bonds is 3. The van der Waals surface area contributed by atoms with Crippen molar-refractivity contribution in [2.45, 2.75) is 26.1 Å². The van der Waals surface area contributed by atoms with Crippen molar-refractivity contribution < 1.29 is 15.0 Å². The Kier molecular flexibility index (Phi) is 3.61. The molecule has 1 fully saturated rings. The maximum atomic E-state index is 11.9. The lowest BCUT2D eigenvalue weighted by molar-refractivity contribution is 0.0572. The fourth-order valence-corrected chi connectivity index (χ4v) is 3.14. The van der Waals surface area contributed by atoms with E-state index >= 15 is 0 Å². The maximum absolute atomic E-state index is 11.9. The van der Waals surface area contributed by atoms with Gasteiger partial charge in [-0.2, -0.15) is 0 Å². The summed E-state index contributed by atoms with van der Waals surface area (Å²) in [5.74, 6) is -0.0578. The standard InChI is InChI=1S/C12H18N2O3S/c1-6(2)11(17)12-7(13)3-10(18-12)14-4-8(15)9(16)5-14/h3,6,8-9,15-16H,4-5,13H2,1-2H3. The van der Waals surface area contributed by atoms with E-state index in [1.165, 1.54) is 11.3 Å². The number of nitrogens with zero attached hydrogens (tertiary/aromatic N) is 1. The van der Waals surface area contributed by atoms with Crippen molar-refractivity contribution in [3.8, 4) is 0 Å². The van der Waals surface area contributed by atoms with Crippen molar-refractivity contribution in [3.05, 3.63) is 10.9 Å². The van der Waals surface area contributed by atoms with Gasteiger partial charge in [0.15, 0.2) is 5.78 Å². The largest absolute Gasteiger partial charge is 0.397 e. The minimum Gasteiger partial charge on any atom is -0.397 e. The van der Waals surface area contributed by atoms with E-state index in [0.29, 0.717) is 23.7 Å². The van der Waals surface area contributed by atoms with Gasteiger partial charge in [-0.1, -0.05) is 13.8 Å². The Hall–Kier alpha value is -1.11. The molecule has 2 atom stereocenters. The Balaban J connectivity index is 2.22. The van der Waals surface area contributed by atoms with Crippen molar-refractivity contribution in [2.24, 2.45) is 5.92 Å². The Morgan fingerprint density at radius 2 is 2.00 bits per heavy atom. The minimum absolute atomic E-state index is 0.0315. The van der Waals surface area contributed by atoms with Gasteiger partial charge >= 0.3 is 0 Å². The van der Waals surface area contributed by atoms with Gasteiger partial charge in [0.1, 0.15) is 0 Å². The van der Waals surface area contributed by atoms with Crippen LogP contribution in [-0.2, 0) is 0 Å². The Labute approximate surface area is 110 Å². The number of aliphatic hydroxyl groups is 2. The summed E-state index contributed by atoms with van der Waals surface area (Å²) < 4.78 is 0. The average molecular weight is 270 g/mol. The van der Waals surface area contributed by atoms with Crippen LogP contribution >= 0.6 is 11.3 Å². The number of aliphatic hydroxyl groups excluding tert-OH is 2. The summed E-state index contributed by atoms with van der Waals surface area (Å²) in [7, 11) is 0. The molecule has 0 radical (unpaired) electrons. The molecule has 1 aliphatic rings. The van der Waals surface area contributed by atoms with Crippen LogP contribution in [0.2, 0.25) is 0 Å². The van der Waals surface area contributed by atoms with E-state index in [-0.39, 0.29) is 11.7 Å². The second-order valence-corrected chi connectivity index (χ2v) is 5.96. The smallest absolute Gasteiger partial charge is 0.177 e. The summed E-state index contributed by atoms with van der Waals surface area (Å²) in [6.45, 7) is 4.42. The number of anilines is 2. The number of thiophene rings is 1. The first-order valence-corrected chi connectivity index (χ1v) is 6.76. The molecule has 0 saturated carbocycles. The molecule has 5 nitrogen and oxygen atoms in total. The van der Waals surface area contributed by atoms with Crippen LogP contribution in [0.4, 0.5) is 10.7 Å². The van der Waals surface area contributed by atoms with Crippen LogP contribution in [0.25, 0.3) is 0 Å². The molecular weight excluding hydrogens is 252 g/mol. The summed E-state index contributed by atoms with van der Waals surface area (Å²) in [5.41, 5.74) is 6.33. The van der Waals surface area contributed by atoms with E-state index in [9.17, 15) is 15.0 Å². The van der Waals surface area contributed by atoms with Crippen LogP contribution < -0.4 is 10.6 Å². The topological polar surface area (TPSA) is 86.8 Å². The van der Waals surface area contributed by atoms with Crippen LogP contribution in [0.1, 0.15) is 23.5 Å². The Morgan fingerprint density at radius 3 is 2.50 bits per heavy atom. The van der Waals surface area contributed by atoms with E-state index in [4.69, 9.17) is 5.73 Å². The fourth-order valence-electron chi connectivity index (χ4n) is 1.95. The molecular formula is C12H18N2O3S. The third kappa shape index (κ3) is 2.36. The van der Waals surface area contributed by atoms with Gasteiger partial charge in [0.25, 0.3) is 0 Å². The van der Waals surface area contributed by atoms with Gasteiger partial charge in [-0.05, 0) is 6.07 Å². The zero-order valence-corrected chi connectivity index (χ0v) is 11.3. The van der Waals surface area contributed by atoms with Crippen molar-refractivity contribution in [1.82, 2.24) is 0 Å². The van der Waals surface area contributed by atoms with Gasteiger partial charge in [0.2, 0.25) is 0 Å². The van der Waals surface area contributed by atoms with E-state index in [1.807, 2.05) is 18.7 Å². The molecule has 1 aromatic rings. The van der Waals surface area contributed by atoms with E-state index < -0.39 is 12.2 Å². The molecule has 0 aromatic carbocycles. The first-order valence-electron chi connectivity index (χ1n) is 5.94. The van der Waals surface area contributed by atoms with Crippen molar-refractivity contribution in [3.63, 3.8) is 0 Å². The van der Waals surface area contributed by atoms with Crippen LogP contribution in [0.15, 0.2) is 6.07 Å². The quantitative estimate of drug-likeness (QED) is 0.704. The predicted molar refractivity (Wildman–Crippen MR) is 72.1 cm³/mol. The number of hydrogen-bond acceptors (Lipinski definition) is 6. The minimum atomic E-state index is -0.738. The summed E-state index contributed by atoms with van der Waals surface area (Å²) in [6.07, 6.45) is -1.48. The number of Topliss-reactive ketones (excluding diaryl/α,β-unsaturated/α-hetero) is 1. The lowest BCUT2D eigenvalue weighted by Crippen LogP contribution is -2.22. The molecule has 0 amide bonds. The maximum Gasteiger partial charge on any atom is 0.177 e. The molecule has 6 heteroatoms. The highest BCUT2D eigenvalue weighted by Crippen LogP contribution is 2.35. The molecule has 4 N–H and O–H groups in total. The van der Waals surface area contributed by atoms with Crippen molar-refractivity contribution in [1.29, 1.82) is 0 Å². The van der Waals surface area contributed by atoms with Crippen LogP contribution in [0, 0.1) is 5.92 Å². The monoisotopic (exact) mass is 270 g/mol. The van der Waals surface area contributed by atoms with Gasteiger partial charge < -0.3 is 20.8 Å². The van der Waals surface area contributed by atoms with E-state index in [2.05, 4.69) is 0 Å². The van der Waals surface area contributed by atoms with E-state index in [0.717, 1.165) is 5.00 Å². The SMILES string of the molecule is CC(C)C(=O)c1sc(N2CC(O)C(O)C2)cc1N. The zero-order chi connectivity index (χ0) is 13.4. The highest BCUT2D eigenvalue weighted by atomic mass is 32.1. The number of nitrogens with two attached hydrogens (primary N) is 1. The lowest BCUT2D eigenvalue weighted by atomic mass is 10.1. The van der Waals surface area contributed by atoms with Crippen molar-refractivity contribution in [2.75, 3.05) is 23.7 Å². The second kappa shape index (κ2) is 4.87. The van der Waals surface area contributed by atoms with Gasteiger partial charge in [-0.15, -0.1) is 11.3 Å². The normalized spacial score (nSPS) is 23.9. The predicted octanol–water partition coefficient (Wildman–Crippen LogP) is 0.711. The van der Waals surface area contributed by atoms with Crippen LogP contribution in [0.3, 0.4) is 0 Å². The fraction of sp³-hybridized carbons (Fsp3) is 0.583. The van der Waals surface area contributed by atoms with Crippen LogP contribution in [-0.4, -0.2) is 41.3 Å². The number of β-amino-alcohol motifs (C(OH)–C–C–N with tert-alkyl or cyclic N) is 2. The highest BCUT2D eigenvalue weighted by Gasteiger charge is 2.31. The molecule has 1 saturated heterocycles. The first kappa shape index (κ1) is 13.3. The van der Waals surface area contributed by atoms with Gasteiger partial charge in [0, 0.05) is 19.0 Å². The van der Waals surface area contributed by atoms with Gasteiger partial charge in [0.05, 0.1) is 27.8 Å². The lowest BCUT2D eigenvalue weighted by Gasteiger charge is -2.14. The number of hydrogen-bond donors (Lipinski definition) is 3. The molecule has 0 spiro atoms. The third-order valence-corrected chi connectivity index (χ3v) is 4.29. The molecule has 0 aliphatic carbocycles. The average Bonchev–Trinajstić information content (AvgIpc) is 2.82. The number of carbonyl (C=O) groups is 1. The Morgan fingerprint density at radius 1 is 1.44 bits per heavy atom. The summed E-state index contributed by atoms with van der Waals surface area (Å²) >= 11 is 1.33. The molecule has 2 rings (SSSR count). The Bertz CT molecular complexity index is 448. The number of ketones is 1. The first-order chi connectivity index (χ1) is 8.40. The zero-order valence-electron chi connectivity index (χ0n) is 10.5. The number of carbonyl (C=O) groups excluding carboxylic acids is 1. The van der Waals surface area contributed by atoms with Crippen molar-refractivity contribution >= 4 is 27.8 Å². The molecule has 18 heavy (non-hydrogen) atoms. The van der Waals surface area contributed by atoms with Gasteiger partial charge in [-0.3, -0.25) is 4.79 Å². The molecule has 0 bridgehead atoms. The number of nitrogen functional groups attached to an aromatic ring is 1. The van der Waals surface area contributed by atoms with Crippen LogP contribution in [0.5, 0.6) is 0 Å². The third-order valence-electron chi connectivity index (χ3n) is 3.07. The summed E-state index contributed by atoms with van der Waals surface area (Å²) in [4.78, 5) is 14.4. The summed E-state index contributed by atoms with van der Waals surface area (Å²) in [6, 6.07) is 1.74. The molecule has 2 heterocycles. The molecule has 2 unspecified atom stereocenters. The molecule has 1 aliphatic heterocycles. The summed E-state index contributed by atoms with van der Waals surface area (Å²) in [5, 5.41) is 19.9. The highest BCUT2D eigenvalue weighted by molar-refractivity contribution is 7.18. The van der Waals surface area contributed by atoms with E-state index in [1.54, 1.807) is 6.07 Å².